The quantitative estimate of drug-likeness (QED) is 0.864. The van der Waals surface area contributed by atoms with E-state index in [-0.39, 0.29) is 6.04 Å². The third-order valence-corrected chi connectivity index (χ3v) is 4.36. The molecule has 0 saturated heterocycles. The summed E-state index contributed by atoms with van der Waals surface area (Å²) in [5.41, 5.74) is 3.38. The molecule has 1 N–H and O–H groups in total. The van der Waals surface area contributed by atoms with Crippen LogP contribution in [-0.4, -0.2) is 16.3 Å². The minimum absolute atomic E-state index is 0.0786. The lowest BCUT2D eigenvalue weighted by Gasteiger charge is -2.21. The van der Waals surface area contributed by atoms with Crippen molar-refractivity contribution in [3.05, 3.63) is 50.7 Å². The highest BCUT2D eigenvalue weighted by Crippen LogP contribution is 2.30. The SMILES string of the molecule is CCNC(c1ccc(C)c(Cl)c1)c1c(Br)cnn1CC. The lowest BCUT2D eigenvalue weighted by Crippen LogP contribution is -2.25. The number of hydrogen-bond donors (Lipinski definition) is 1. The molecule has 0 radical (unpaired) electrons. The average molecular weight is 357 g/mol. The van der Waals surface area contributed by atoms with E-state index in [4.69, 9.17) is 11.6 Å². The van der Waals surface area contributed by atoms with Gasteiger partial charge in [0, 0.05) is 11.6 Å². The Bertz CT molecular complexity index is 595. The van der Waals surface area contributed by atoms with Gasteiger partial charge in [0.1, 0.15) is 0 Å². The molecule has 1 aromatic carbocycles. The van der Waals surface area contributed by atoms with E-state index in [0.29, 0.717) is 0 Å². The molecule has 5 heteroatoms. The van der Waals surface area contributed by atoms with Crippen molar-refractivity contribution in [3.8, 4) is 0 Å². The predicted octanol–water partition coefficient (Wildman–Crippen LogP) is 4.33. The highest BCUT2D eigenvalue weighted by molar-refractivity contribution is 9.10. The number of aromatic nitrogens is 2. The normalized spacial score (nSPS) is 12.7. The highest BCUT2D eigenvalue weighted by Gasteiger charge is 2.21. The zero-order chi connectivity index (χ0) is 14.7. The fourth-order valence-corrected chi connectivity index (χ4v) is 2.99. The first kappa shape index (κ1) is 15.5. The summed E-state index contributed by atoms with van der Waals surface area (Å²) in [5.74, 6) is 0. The molecule has 3 nitrogen and oxygen atoms in total. The van der Waals surface area contributed by atoms with E-state index in [9.17, 15) is 0 Å². The minimum atomic E-state index is 0.0786. The monoisotopic (exact) mass is 355 g/mol. The number of rotatable bonds is 5. The molecular formula is C15H19BrClN3. The van der Waals surface area contributed by atoms with Crippen molar-refractivity contribution in [2.45, 2.75) is 33.4 Å². The molecule has 108 valence electrons. The van der Waals surface area contributed by atoms with Gasteiger partial charge in [-0.3, -0.25) is 4.68 Å². The lowest BCUT2D eigenvalue weighted by molar-refractivity contribution is 0.541. The zero-order valence-electron chi connectivity index (χ0n) is 12.0. The fraction of sp³-hybridized carbons (Fsp3) is 0.400. The lowest BCUT2D eigenvalue weighted by atomic mass is 10.0. The number of benzene rings is 1. The standard InChI is InChI=1S/C15H19BrClN3/c1-4-18-14(11-7-6-10(3)13(17)8-11)15-12(16)9-19-20(15)5-2/h6-9,14,18H,4-5H2,1-3H3. The van der Waals surface area contributed by atoms with Crippen molar-refractivity contribution in [2.24, 2.45) is 0 Å². The first-order valence-corrected chi connectivity index (χ1v) is 7.96. The van der Waals surface area contributed by atoms with Crippen LogP contribution < -0.4 is 5.32 Å². The van der Waals surface area contributed by atoms with E-state index in [2.05, 4.69) is 52.3 Å². The third kappa shape index (κ3) is 3.08. The Hall–Kier alpha value is -0.840. The molecule has 0 aliphatic rings. The Morgan fingerprint density at radius 2 is 2.15 bits per heavy atom. The first-order chi connectivity index (χ1) is 9.58. The van der Waals surface area contributed by atoms with Gasteiger partial charge in [-0.15, -0.1) is 0 Å². The Morgan fingerprint density at radius 3 is 2.75 bits per heavy atom. The molecule has 0 spiro atoms. The summed E-state index contributed by atoms with van der Waals surface area (Å²) in [7, 11) is 0. The maximum absolute atomic E-state index is 6.27. The van der Waals surface area contributed by atoms with Crippen molar-refractivity contribution in [1.29, 1.82) is 0 Å². The summed E-state index contributed by atoms with van der Waals surface area (Å²) >= 11 is 9.87. The number of hydrogen-bond acceptors (Lipinski definition) is 2. The number of halogens is 2. The topological polar surface area (TPSA) is 29.9 Å². The summed E-state index contributed by atoms with van der Waals surface area (Å²) in [5, 5.41) is 8.71. The molecule has 1 aromatic heterocycles. The molecule has 0 bridgehead atoms. The second-order valence-electron chi connectivity index (χ2n) is 4.69. The Balaban J connectivity index is 2.49. The molecule has 1 unspecified atom stereocenters. The van der Waals surface area contributed by atoms with Gasteiger partial charge < -0.3 is 5.32 Å². The van der Waals surface area contributed by atoms with Gasteiger partial charge in [-0.2, -0.15) is 5.10 Å². The first-order valence-electron chi connectivity index (χ1n) is 6.79. The van der Waals surface area contributed by atoms with E-state index in [1.54, 1.807) is 0 Å². The molecule has 0 amide bonds. The zero-order valence-corrected chi connectivity index (χ0v) is 14.3. The van der Waals surface area contributed by atoms with E-state index >= 15 is 0 Å². The van der Waals surface area contributed by atoms with E-state index in [1.807, 2.05) is 23.9 Å². The van der Waals surface area contributed by atoms with Gasteiger partial charge in [0.25, 0.3) is 0 Å². The highest BCUT2D eigenvalue weighted by atomic mass is 79.9. The Labute approximate surface area is 133 Å². The van der Waals surface area contributed by atoms with Gasteiger partial charge in [-0.25, -0.2) is 0 Å². The Morgan fingerprint density at radius 1 is 1.40 bits per heavy atom. The van der Waals surface area contributed by atoms with E-state index in [1.165, 1.54) is 0 Å². The second kappa shape index (κ2) is 6.74. The summed E-state index contributed by atoms with van der Waals surface area (Å²) in [6.07, 6.45) is 1.85. The van der Waals surface area contributed by atoms with Crippen LogP contribution in [0, 0.1) is 6.92 Å². The number of nitrogens with zero attached hydrogens (tertiary/aromatic N) is 2. The van der Waals surface area contributed by atoms with Crippen LogP contribution in [0.25, 0.3) is 0 Å². The van der Waals surface area contributed by atoms with Gasteiger partial charge in [-0.05, 0) is 53.5 Å². The van der Waals surface area contributed by atoms with Crippen LogP contribution in [0.3, 0.4) is 0 Å². The largest absolute Gasteiger partial charge is 0.305 e. The van der Waals surface area contributed by atoms with Gasteiger partial charge in [0.2, 0.25) is 0 Å². The summed E-state index contributed by atoms with van der Waals surface area (Å²) < 4.78 is 3.02. The van der Waals surface area contributed by atoms with Crippen LogP contribution in [0.1, 0.15) is 36.7 Å². The maximum atomic E-state index is 6.27. The van der Waals surface area contributed by atoms with Gasteiger partial charge in [0.15, 0.2) is 0 Å². The number of nitrogens with one attached hydrogen (secondary N) is 1. The van der Waals surface area contributed by atoms with Gasteiger partial charge in [0.05, 0.1) is 22.4 Å². The molecule has 0 fully saturated rings. The smallest absolute Gasteiger partial charge is 0.0760 e. The van der Waals surface area contributed by atoms with Crippen LogP contribution in [-0.2, 0) is 6.54 Å². The molecule has 1 atom stereocenters. The van der Waals surface area contributed by atoms with Crippen molar-refractivity contribution in [3.63, 3.8) is 0 Å². The van der Waals surface area contributed by atoms with Crippen LogP contribution in [0.15, 0.2) is 28.9 Å². The van der Waals surface area contributed by atoms with Crippen molar-refractivity contribution in [2.75, 3.05) is 6.54 Å². The Kier molecular flexibility index (Phi) is 5.24. The van der Waals surface area contributed by atoms with Crippen LogP contribution in [0.5, 0.6) is 0 Å². The maximum Gasteiger partial charge on any atom is 0.0760 e. The minimum Gasteiger partial charge on any atom is -0.305 e. The molecule has 2 rings (SSSR count). The molecule has 0 aliphatic heterocycles. The van der Waals surface area contributed by atoms with E-state index in [0.717, 1.165) is 39.4 Å². The molecule has 20 heavy (non-hydrogen) atoms. The summed E-state index contributed by atoms with van der Waals surface area (Å²) in [6, 6.07) is 6.29. The van der Waals surface area contributed by atoms with Crippen molar-refractivity contribution < 1.29 is 0 Å². The van der Waals surface area contributed by atoms with Crippen LogP contribution in [0.2, 0.25) is 5.02 Å². The summed E-state index contributed by atoms with van der Waals surface area (Å²) in [6.45, 7) is 7.91. The van der Waals surface area contributed by atoms with Crippen LogP contribution in [0.4, 0.5) is 0 Å². The van der Waals surface area contributed by atoms with Crippen molar-refractivity contribution >= 4 is 27.5 Å². The fourth-order valence-electron chi connectivity index (χ4n) is 2.28. The molecule has 2 aromatic rings. The van der Waals surface area contributed by atoms with Crippen LogP contribution >= 0.6 is 27.5 Å². The third-order valence-electron chi connectivity index (χ3n) is 3.34. The summed E-state index contributed by atoms with van der Waals surface area (Å²) in [4.78, 5) is 0. The van der Waals surface area contributed by atoms with Gasteiger partial charge in [-0.1, -0.05) is 30.7 Å². The predicted molar refractivity (Wildman–Crippen MR) is 87.3 cm³/mol. The molecule has 1 heterocycles. The molecular weight excluding hydrogens is 338 g/mol. The number of aryl methyl sites for hydroxylation is 2. The van der Waals surface area contributed by atoms with E-state index < -0.39 is 0 Å². The molecule has 0 saturated carbocycles. The average Bonchev–Trinajstić information content (AvgIpc) is 2.80. The molecule has 0 aliphatic carbocycles. The van der Waals surface area contributed by atoms with Gasteiger partial charge >= 0.3 is 0 Å². The second-order valence-corrected chi connectivity index (χ2v) is 5.95. The van der Waals surface area contributed by atoms with Crippen molar-refractivity contribution in [1.82, 2.24) is 15.1 Å².